The Morgan fingerprint density at radius 3 is 1.12 bits per heavy atom. The first-order valence-electron chi connectivity index (χ1n) is 33.0. The number of nitrogens with zero attached hydrogens (tertiary/aromatic N) is 9. The minimum absolute atomic E-state index is 0. The van der Waals surface area contributed by atoms with E-state index < -0.39 is 48.2 Å². The summed E-state index contributed by atoms with van der Waals surface area (Å²) >= 11 is 5.30. The maximum Gasteiger partial charge on any atom is 0.373 e. The molecule has 0 aliphatic carbocycles. The molecule has 0 bridgehead atoms. The van der Waals surface area contributed by atoms with Gasteiger partial charge in [0.05, 0.1) is 101 Å². The molecule has 8 aromatic rings. The number of aliphatic hydroxyl groups excluding tert-OH is 1. The number of halogens is 8. The van der Waals surface area contributed by atoms with Crippen LogP contribution >= 0.6 is 61.2 Å². The predicted octanol–water partition coefficient (Wildman–Crippen LogP) is 8.87. The second-order valence-corrected chi connectivity index (χ2v) is 39.9. The zero-order valence-corrected chi connectivity index (χ0v) is 69.4. The summed E-state index contributed by atoms with van der Waals surface area (Å²) < 4.78 is 59.1. The van der Waals surface area contributed by atoms with Crippen molar-refractivity contribution in [3.8, 4) is 0 Å². The van der Waals surface area contributed by atoms with Gasteiger partial charge < -0.3 is 62.8 Å². The van der Waals surface area contributed by atoms with Crippen molar-refractivity contribution in [3.05, 3.63) is 214 Å². The third-order valence-corrected chi connectivity index (χ3v) is 15.4. The van der Waals surface area contributed by atoms with Gasteiger partial charge in [0.2, 0.25) is 0 Å². The molecule has 3 fully saturated rings. The van der Waals surface area contributed by atoms with Gasteiger partial charge in [-0.15, -0.1) is 24.0 Å². The van der Waals surface area contributed by atoms with Crippen molar-refractivity contribution in [1.82, 2.24) is 44.9 Å². The van der Waals surface area contributed by atoms with E-state index in [4.69, 9.17) is 24.3 Å². The van der Waals surface area contributed by atoms with Crippen LogP contribution in [-0.4, -0.2) is 198 Å². The average molecular weight is 1960 g/mol. The summed E-state index contributed by atoms with van der Waals surface area (Å²) in [5.41, 5.74) is 6.79. The van der Waals surface area contributed by atoms with E-state index in [-0.39, 0.29) is 76.0 Å². The number of rotatable bonds is 13. The summed E-state index contributed by atoms with van der Waals surface area (Å²) in [4.78, 5) is 116. The van der Waals surface area contributed by atoms with Gasteiger partial charge in [0.15, 0.2) is 48.9 Å². The molecule has 3 aliphatic heterocycles. The number of carbonyl (C=O) groups is 5. The fourth-order valence-corrected chi connectivity index (χ4v) is 9.56. The van der Waals surface area contributed by atoms with Crippen molar-refractivity contribution in [2.45, 2.75) is 40.8 Å². The number of benzene rings is 4. The Balaban J connectivity index is 0.000000353. The van der Waals surface area contributed by atoms with E-state index in [9.17, 15) is 41.5 Å². The maximum atomic E-state index is 14.8. The van der Waals surface area contributed by atoms with Crippen LogP contribution in [-0.2, 0) is 32.3 Å². The van der Waals surface area contributed by atoms with Crippen LogP contribution in [0, 0.1) is 51.0 Å². The zero-order valence-electron chi connectivity index (χ0n) is 60.6. The number of hydrogen-bond donors (Lipinski definition) is 10. The normalized spacial score (nSPS) is 12.9. The summed E-state index contributed by atoms with van der Waals surface area (Å²) in [6.45, 7) is 19.6. The van der Waals surface area contributed by atoms with E-state index in [2.05, 4.69) is 150 Å². The van der Waals surface area contributed by atoms with Crippen LogP contribution < -0.4 is 61.1 Å². The van der Waals surface area contributed by atoms with Gasteiger partial charge in [-0.25, -0.2) is 41.3 Å². The van der Waals surface area contributed by atoms with E-state index in [1.807, 2.05) is 33.9 Å². The van der Waals surface area contributed by atoms with Crippen molar-refractivity contribution in [2.24, 2.45) is 0 Å². The number of carbonyl (C=O) groups excluding carboxylic acids is 9. The van der Waals surface area contributed by atoms with Gasteiger partial charge in [-0.05, 0) is 134 Å². The van der Waals surface area contributed by atoms with Gasteiger partial charge in [0.1, 0.15) is 0 Å². The summed E-state index contributed by atoms with van der Waals surface area (Å²) in [7, 11) is 6.32. The Bertz CT molecular complexity index is 4220. The first-order valence-corrected chi connectivity index (χ1v) is 45.6. The Hall–Kier alpha value is -8.94. The number of aldehydes is 1. The van der Waals surface area contributed by atoms with E-state index >= 15 is 0 Å². The smallest absolute Gasteiger partial charge is 0.186 e. The third-order valence-electron chi connectivity index (χ3n) is 15.4. The molecule has 7 heterocycles. The van der Waals surface area contributed by atoms with E-state index in [0.29, 0.717) is 60.0 Å². The van der Waals surface area contributed by atoms with Crippen molar-refractivity contribution in [1.29, 1.82) is 0 Å². The van der Waals surface area contributed by atoms with Crippen LogP contribution in [0.1, 0.15) is 49.8 Å². The zero-order chi connectivity index (χ0) is 79.3. The molecule has 4 aromatic heterocycles. The molecule has 8 amide bonds. The van der Waals surface area contributed by atoms with Gasteiger partial charge in [0.25, 0.3) is 0 Å². The number of piperazine rings is 3. The SMILES string of the molecule is CN1CCNCC1.Cc1ccc(NC(=O)Nc2cccc(C=O)c2F)cn1.Cc1ccc(NC(=O)Nc2cccc(C=[N+]3CCN(C)CC3)c2F)cn1.Cc1ccc(NC(=O)Nc2cccc(CN3CCN(C)CC3)c2F)cn1.Cc1ccc(NC(=O)Nc2cccc(CO)c2F)cn1.I.I[I-]I.O=C=O.O=C=O. The molecule has 11 rings (SSSR count). The first-order chi connectivity index (χ1) is 51.8. The van der Waals surface area contributed by atoms with E-state index in [0.717, 1.165) is 88.2 Å². The standard InChI is InChI=1S/C19H24FN5O.C19H22FN5O.C14H14FN3O2.C14H12FN3O2.C5H12N2.2CO2.I3.HI/c2*1-14-6-7-16(12-21-14)22-19(26)23-17-5-3-4-15(18(17)20)13-25-10-8-24(2)9-11-25;2*1-9-5-6-11(7-16-9)17-14(20)18-12-4-2-3-10(8-19)13(12)15;1-7-4-2-6-3-5-7;2*2-1-3;1-3-2;/h3-7,12H,8-11,13H2,1-2H3,(H2,22,23,26);3-7,12-13H,8-11H2,1-2H3,(H-,22,23,26);2-7,19H,8H2,1H3,(H2,17,18,20);2-8H,1H3,(H2,17,18,20);6H,2-5H2,1H3;;;;1H/q;;;;;;;-1;/p+1. The molecule has 3 saturated heterocycles. The Morgan fingerprint density at radius 1 is 0.477 bits per heavy atom. The van der Waals surface area contributed by atoms with Gasteiger partial charge in [-0.1, -0.05) is 36.4 Å². The van der Waals surface area contributed by atoms with Crippen LogP contribution in [0.25, 0.3) is 0 Å². The number of pyridine rings is 4. The molecule has 0 saturated carbocycles. The number of aryl methyl sites for hydroxylation is 4. The molecule has 0 unspecified atom stereocenters. The van der Waals surface area contributed by atoms with Crippen LogP contribution in [0.5, 0.6) is 0 Å². The predicted molar refractivity (Wildman–Crippen MR) is 433 cm³/mol. The summed E-state index contributed by atoms with van der Waals surface area (Å²) in [6, 6.07) is 30.4. The van der Waals surface area contributed by atoms with Gasteiger partial charge in [0, 0.05) is 92.8 Å². The molecule has 10 N–H and O–H groups in total. The molecular weight excluding hydrogens is 1870 g/mol. The van der Waals surface area contributed by atoms with Gasteiger partial charge in [-0.2, -0.15) is 19.2 Å². The van der Waals surface area contributed by atoms with Crippen LogP contribution in [0.15, 0.2) is 146 Å². The Morgan fingerprint density at radius 2 is 0.789 bits per heavy atom. The molecule has 0 radical (unpaired) electrons. The molecule has 0 spiro atoms. The monoisotopic (exact) mass is 1960 g/mol. The van der Waals surface area contributed by atoms with Crippen molar-refractivity contribution < 1.29 is 83.6 Å². The fraction of sp³-hybridized carbons (Fsp3) is 0.288. The molecule has 36 heteroatoms. The fourth-order valence-electron chi connectivity index (χ4n) is 9.56. The third kappa shape index (κ3) is 36.9. The summed E-state index contributed by atoms with van der Waals surface area (Å²) in [6.07, 6.45) is 8.83. The average Bonchev–Trinajstić information content (AvgIpc) is 0.857. The number of aliphatic hydroxyl groups is 1. The number of urea groups is 4. The van der Waals surface area contributed by atoms with Crippen LogP contribution in [0.3, 0.4) is 0 Å². The van der Waals surface area contributed by atoms with Crippen molar-refractivity contribution >= 4 is 156 Å². The van der Waals surface area contributed by atoms with Crippen molar-refractivity contribution in [2.75, 3.05) is 142 Å². The molecular formula is C73H86F4I4N18O10. The Kier molecular flexibility index (Phi) is 45.8. The molecule has 584 valence electrons. The largest absolute Gasteiger partial charge is 0.373 e. The quantitative estimate of drug-likeness (QED) is 0.0223. The number of nitrogens with one attached hydrogen (secondary N) is 9. The van der Waals surface area contributed by atoms with E-state index in [1.165, 1.54) is 55.8 Å². The van der Waals surface area contributed by atoms with Gasteiger partial charge >= 0.3 is 86.9 Å². The Labute approximate surface area is 675 Å². The molecule has 4 aromatic carbocycles. The summed E-state index contributed by atoms with van der Waals surface area (Å²) in [5.74, 6) is -2.24. The van der Waals surface area contributed by atoms with Crippen molar-refractivity contribution in [3.63, 3.8) is 0 Å². The molecule has 0 atom stereocenters. The molecule has 109 heavy (non-hydrogen) atoms. The van der Waals surface area contributed by atoms with Gasteiger partial charge in [-0.3, -0.25) is 34.5 Å². The number of likely N-dealkylation sites (N-methyl/N-ethyl adjacent to an activating group) is 3. The number of amides is 8. The number of aromatic nitrogens is 4. The number of hydrogen-bond acceptors (Lipinski definition) is 19. The second-order valence-electron chi connectivity index (χ2n) is 23.6. The second kappa shape index (κ2) is 53.0. The summed E-state index contributed by atoms with van der Waals surface area (Å²) in [5, 5.41) is 32.4. The minimum Gasteiger partial charge on any atom is -0.186 e. The minimum atomic E-state index is -0.764. The van der Waals surface area contributed by atoms with Crippen LogP contribution in [0.4, 0.5) is 82.2 Å². The molecule has 28 nitrogen and oxygen atoms in total. The topological polar surface area (TPSA) is 350 Å². The number of anilines is 8. The van der Waals surface area contributed by atoms with E-state index in [1.54, 1.807) is 103 Å². The van der Waals surface area contributed by atoms with Crippen LogP contribution in [0.2, 0.25) is 0 Å². The molecule has 3 aliphatic rings. The first kappa shape index (κ1) is 94.3. The maximum absolute atomic E-state index is 14.8.